The molecule has 17 heavy (non-hydrogen) atoms. The third kappa shape index (κ3) is 3.01. The number of anilines is 1. The Labute approximate surface area is 107 Å². The first-order valence-electron chi connectivity index (χ1n) is 5.72. The number of nitrogen functional groups attached to an aromatic ring is 1. The molecule has 5 heteroatoms. The number of nitrogens with zero attached hydrogens (tertiary/aromatic N) is 1. The highest BCUT2D eigenvalue weighted by Gasteiger charge is 2.22. The van der Waals surface area contributed by atoms with Crippen LogP contribution in [0.1, 0.15) is 31.7 Å². The van der Waals surface area contributed by atoms with Crippen LogP contribution in [-0.4, -0.2) is 17.8 Å². The van der Waals surface area contributed by atoms with Gasteiger partial charge in [0.1, 0.15) is 0 Å². The van der Waals surface area contributed by atoms with Gasteiger partial charge in [0.2, 0.25) is 0 Å². The molecule has 0 bridgehead atoms. The van der Waals surface area contributed by atoms with Crippen molar-refractivity contribution in [1.29, 1.82) is 0 Å². The summed E-state index contributed by atoms with van der Waals surface area (Å²) in [6.45, 7) is 0. The predicted molar refractivity (Wildman–Crippen MR) is 70.7 cm³/mol. The highest BCUT2D eigenvalue weighted by molar-refractivity contribution is 5.85. The zero-order chi connectivity index (χ0) is 11.5. The first-order valence-corrected chi connectivity index (χ1v) is 5.72. The lowest BCUT2D eigenvalue weighted by Crippen LogP contribution is -2.30. The number of pyridine rings is 1. The summed E-state index contributed by atoms with van der Waals surface area (Å²) in [5.41, 5.74) is 5.89. The predicted octanol–water partition coefficient (Wildman–Crippen LogP) is 1.98. The monoisotopic (exact) mass is 258 g/mol. The van der Waals surface area contributed by atoms with E-state index in [4.69, 9.17) is 10.5 Å². The molecule has 1 aromatic heterocycles. The fourth-order valence-electron chi connectivity index (χ4n) is 2.37. The second kappa shape index (κ2) is 6.07. The van der Waals surface area contributed by atoms with Crippen LogP contribution in [0.15, 0.2) is 23.1 Å². The fraction of sp³-hybridized carbons (Fsp3) is 0.583. The van der Waals surface area contributed by atoms with Crippen LogP contribution >= 0.6 is 12.4 Å². The smallest absolute Gasteiger partial charge is 0.273 e. The van der Waals surface area contributed by atoms with Crippen molar-refractivity contribution in [3.63, 3.8) is 0 Å². The summed E-state index contributed by atoms with van der Waals surface area (Å²) in [5, 5.41) is 0. The minimum atomic E-state index is -0.0663. The van der Waals surface area contributed by atoms with E-state index in [0.717, 1.165) is 25.7 Å². The maximum Gasteiger partial charge on any atom is 0.273 e. The van der Waals surface area contributed by atoms with Crippen LogP contribution in [0.2, 0.25) is 0 Å². The molecule has 0 unspecified atom stereocenters. The van der Waals surface area contributed by atoms with Crippen molar-refractivity contribution in [3.8, 4) is 0 Å². The van der Waals surface area contributed by atoms with Crippen molar-refractivity contribution in [3.05, 3.63) is 28.7 Å². The third-order valence-electron chi connectivity index (χ3n) is 3.37. The minimum absolute atomic E-state index is 0. The lowest BCUT2D eigenvalue weighted by atomic mass is 9.92. The van der Waals surface area contributed by atoms with E-state index >= 15 is 0 Å². The Balaban J connectivity index is 0.00000144. The molecule has 0 aliphatic heterocycles. The van der Waals surface area contributed by atoms with Crippen molar-refractivity contribution in [2.75, 3.05) is 12.8 Å². The topological polar surface area (TPSA) is 57.2 Å². The Morgan fingerprint density at radius 2 is 2.00 bits per heavy atom. The van der Waals surface area contributed by atoms with E-state index in [1.54, 1.807) is 17.7 Å². The number of halogens is 1. The van der Waals surface area contributed by atoms with Crippen molar-refractivity contribution in [2.24, 2.45) is 0 Å². The molecule has 0 amide bonds. The average molecular weight is 259 g/mol. The van der Waals surface area contributed by atoms with Crippen LogP contribution in [0.5, 0.6) is 0 Å². The zero-order valence-corrected chi connectivity index (χ0v) is 10.8. The Kier molecular flexibility index (Phi) is 5.02. The van der Waals surface area contributed by atoms with Gasteiger partial charge in [0.15, 0.2) is 0 Å². The number of hydrogen-bond donors (Lipinski definition) is 1. The molecule has 1 fully saturated rings. The van der Waals surface area contributed by atoms with Gasteiger partial charge in [-0.3, -0.25) is 4.79 Å². The van der Waals surface area contributed by atoms with E-state index in [9.17, 15) is 4.79 Å². The second-order valence-corrected chi connectivity index (χ2v) is 4.34. The maximum atomic E-state index is 11.8. The van der Waals surface area contributed by atoms with Gasteiger partial charge in [-0.05, 0) is 37.8 Å². The highest BCUT2D eigenvalue weighted by Crippen LogP contribution is 2.28. The van der Waals surface area contributed by atoms with E-state index in [1.165, 1.54) is 0 Å². The summed E-state index contributed by atoms with van der Waals surface area (Å²) in [6.07, 6.45) is 6.19. The summed E-state index contributed by atoms with van der Waals surface area (Å²) >= 11 is 0. The van der Waals surface area contributed by atoms with Crippen molar-refractivity contribution in [1.82, 2.24) is 4.57 Å². The molecule has 96 valence electrons. The molecular formula is C12H19ClN2O2. The average Bonchev–Trinajstić information content (AvgIpc) is 2.33. The van der Waals surface area contributed by atoms with Crippen LogP contribution in [0.3, 0.4) is 0 Å². The molecular weight excluding hydrogens is 240 g/mol. The van der Waals surface area contributed by atoms with Crippen LogP contribution < -0.4 is 11.3 Å². The number of aromatic nitrogens is 1. The summed E-state index contributed by atoms with van der Waals surface area (Å²) in [7, 11) is 1.75. The van der Waals surface area contributed by atoms with Gasteiger partial charge in [-0.2, -0.15) is 0 Å². The van der Waals surface area contributed by atoms with Crippen LogP contribution in [-0.2, 0) is 4.74 Å². The van der Waals surface area contributed by atoms with Gasteiger partial charge in [0.05, 0.1) is 11.8 Å². The lowest BCUT2D eigenvalue weighted by molar-refractivity contribution is 0.0580. The zero-order valence-electron chi connectivity index (χ0n) is 9.96. The molecule has 1 saturated carbocycles. The van der Waals surface area contributed by atoms with Crippen LogP contribution in [0, 0.1) is 0 Å². The standard InChI is InChI=1S/C12H18N2O2.ClH/c1-16-10-6-4-9(5-7-10)14-8-2-3-11(13)12(14)15;/h2-3,8-10H,4-7,13H2,1H3;1H. The van der Waals surface area contributed by atoms with E-state index in [0.29, 0.717) is 11.8 Å². The fourth-order valence-corrected chi connectivity index (χ4v) is 2.37. The van der Waals surface area contributed by atoms with Gasteiger partial charge in [-0.25, -0.2) is 0 Å². The molecule has 0 radical (unpaired) electrons. The first-order chi connectivity index (χ1) is 7.72. The largest absolute Gasteiger partial charge is 0.394 e. The van der Waals surface area contributed by atoms with E-state index < -0.39 is 0 Å². The van der Waals surface area contributed by atoms with Gasteiger partial charge in [0.25, 0.3) is 5.56 Å². The molecule has 0 atom stereocenters. The van der Waals surface area contributed by atoms with Crippen molar-refractivity contribution in [2.45, 2.75) is 37.8 Å². The third-order valence-corrected chi connectivity index (χ3v) is 3.37. The summed E-state index contributed by atoms with van der Waals surface area (Å²) in [5.74, 6) is 0. The highest BCUT2D eigenvalue weighted by atomic mass is 35.5. The Bertz CT molecular complexity index is 411. The van der Waals surface area contributed by atoms with E-state index in [-0.39, 0.29) is 24.0 Å². The van der Waals surface area contributed by atoms with Crippen molar-refractivity contribution < 1.29 is 4.74 Å². The molecule has 2 rings (SSSR count). The maximum absolute atomic E-state index is 11.8. The van der Waals surface area contributed by atoms with Gasteiger partial charge in [0, 0.05) is 19.3 Å². The summed E-state index contributed by atoms with van der Waals surface area (Å²) < 4.78 is 7.08. The van der Waals surface area contributed by atoms with E-state index in [2.05, 4.69) is 0 Å². The van der Waals surface area contributed by atoms with Gasteiger partial charge >= 0.3 is 0 Å². The minimum Gasteiger partial charge on any atom is -0.394 e. The van der Waals surface area contributed by atoms with E-state index in [1.807, 2.05) is 12.3 Å². The molecule has 1 aliphatic rings. The summed E-state index contributed by atoms with van der Waals surface area (Å²) in [4.78, 5) is 11.8. The van der Waals surface area contributed by atoms with Crippen molar-refractivity contribution >= 4 is 18.1 Å². The molecule has 4 nitrogen and oxygen atoms in total. The van der Waals surface area contributed by atoms with Crippen LogP contribution in [0.4, 0.5) is 5.69 Å². The molecule has 0 aromatic carbocycles. The molecule has 2 N–H and O–H groups in total. The van der Waals surface area contributed by atoms with Crippen LogP contribution in [0.25, 0.3) is 0 Å². The molecule has 0 spiro atoms. The number of ether oxygens (including phenoxy) is 1. The number of methoxy groups -OCH3 is 1. The SMILES string of the molecule is COC1CCC(n2cccc(N)c2=O)CC1.Cl. The van der Waals surface area contributed by atoms with Gasteiger partial charge in [-0.15, -0.1) is 12.4 Å². The van der Waals surface area contributed by atoms with Gasteiger partial charge in [-0.1, -0.05) is 0 Å². The molecule has 0 saturated heterocycles. The molecule has 1 heterocycles. The molecule has 1 aliphatic carbocycles. The quantitative estimate of drug-likeness (QED) is 0.883. The Morgan fingerprint density at radius 3 is 2.59 bits per heavy atom. The number of nitrogens with two attached hydrogens (primary N) is 1. The summed E-state index contributed by atoms with van der Waals surface area (Å²) in [6, 6.07) is 3.76. The van der Waals surface area contributed by atoms with Gasteiger partial charge < -0.3 is 15.0 Å². The molecule has 1 aromatic rings. The number of rotatable bonds is 2. The number of hydrogen-bond acceptors (Lipinski definition) is 3. The Morgan fingerprint density at radius 1 is 1.35 bits per heavy atom. The lowest BCUT2D eigenvalue weighted by Gasteiger charge is -2.28. The first kappa shape index (κ1) is 14.1. The normalized spacial score (nSPS) is 24.1. The second-order valence-electron chi connectivity index (χ2n) is 4.34. The Hall–Kier alpha value is -1.000.